The van der Waals surface area contributed by atoms with Gasteiger partial charge in [0.05, 0.1) is 11.0 Å². The van der Waals surface area contributed by atoms with Crippen LogP contribution in [0.25, 0.3) is 0 Å². The summed E-state index contributed by atoms with van der Waals surface area (Å²) in [5.41, 5.74) is -0.700. The van der Waals surface area contributed by atoms with Crippen molar-refractivity contribution in [2.24, 2.45) is 5.41 Å². The molecule has 0 amide bonds. The molecule has 1 aromatic rings. The van der Waals surface area contributed by atoms with Crippen LogP contribution in [0.1, 0.15) is 55.8 Å². The van der Waals surface area contributed by atoms with Crippen LogP contribution in [-0.4, -0.2) is 42.8 Å². The Hall–Kier alpha value is -3.45. The van der Waals surface area contributed by atoms with E-state index in [1.54, 1.807) is 6.92 Å². The monoisotopic (exact) mass is 428 g/mol. The Labute approximate surface area is 183 Å². The molecule has 7 heteroatoms. The molecule has 0 spiro atoms. The standard InChI is InChI=1S/C24H28O7/c1-4-6-8-10-21(26)29-16-24(3,17-30-22(27)11-9-7-5-2)18-31-23(28)19-12-14-20(25)15-13-19/h1-2,12-15,25H,6-11,16-18H2,3H3. The van der Waals surface area contributed by atoms with Crippen molar-refractivity contribution in [3.8, 4) is 30.4 Å². The van der Waals surface area contributed by atoms with Crippen LogP contribution < -0.4 is 0 Å². The van der Waals surface area contributed by atoms with Crippen LogP contribution in [-0.2, 0) is 23.8 Å². The number of unbranched alkanes of at least 4 members (excludes halogenated alkanes) is 2. The number of aromatic hydroxyl groups is 1. The van der Waals surface area contributed by atoms with E-state index in [4.69, 9.17) is 27.1 Å². The van der Waals surface area contributed by atoms with E-state index in [0.717, 1.165) is 0 Å². The van der Waals surface area contributed by atoms with Crippen molar-refractivity contribution in [2.45, 2.75) is 45.4 Å². The highest BCUT2D eigenvalue weighted by Gasteiger charge is 2.31. The molecule has 0 aliphatic rings. The molecule has 1 aromatic carbocycles. The summed E-state index contributed by atoms with van der Waals surface area (Å²) in [5.74, 6) is 3.43. The molecule has 7 nitrogen and oxygen atoms in total. The molecule has 0 heterocycles. The molecule has 0 aromatic heterocycles. The Morgan fingerprint density at radius 3 is 1.77 bits per heavy atom. The van der Waals surface area contributed by atoms with Crippen LogP contribution in [0.2, 0.25) is 0 Å². The van der Waals surface area contributed by atoms with Crippen molar-refractivity contribution in [1.82, 2.24) is 0 Å². The summed E-state index contributed by atoms with van der Waals surface area (Å²) in [6.45, 7) is 1.31. The Balaban J connectivity index is 2.68. The molecular weight excluding hydrogens is 400 g/mol. The van der Waals surface area contributed by atoms with Crippen LogP contribution >= 0.6 is 0 Å². The maximum absolute atomic E-state index is 12.3. The molecule has 31 heavy (non-hydrogen) atoms. The third-order valence-corrected chi connectivity index (χ3v) is 4.22. The fourth-order valence-electron chi connectivity index (χ4n) is 2.37. The second-order valence-electron chi connectivity index (χ2n) is 7.37. The molecule has 0 fully saturated rings. The van der Waals surface area contributed by atoms with Gasteiger partial charge < -0.3 is 19.3 Å². The van der Waals surface area contributed by atoms with E-state index in [0.29, 0.717) is 25.7 Å². The molecule has 166 valence electrons. The predicted octanol–water partition coefficient (Wildman–Crippen LogP) is 3.25. The molecule has 0 aliphatic heterocycles. The molecule has 0 atom stereocenters. The first kappa shape index (κ1) is 25.6. The van der Waals surface area contributed by atoms with E-state index in [9.17, 15) is 19.5 Å². The fourth-order valence-corrected chi connectivity index (χ4v) is 2.37. The van der Waals surface area contributed by atoms with Crippen LogP contribution in [0.4, 0.5) is 0 Å². The average Bonchev–Trinajstić information content (AvgIpc) is 2.76. The number of hydrogen-bond acceptors (Lipinski definition) is 7. The summed E-state index contributed by atoms with van der Waals surface area (Å²) in [7, 11) is 0. The number of phenols is 1. The molecule has 1 N–H and O–H groups in total. The Kier molecular flexibility index (Phi) is 11.3. The fraction of sp³-hybridized carbons (Fsp3) is 0.458. The Morgan fingerprint density at radius 2 is 1.32 bits per heavy atom. The van der Waals surface area contributed by atoms with Gasteiger partial charge in [-0.2, -0.15) is 0 Å². The number of benzene rings is 1. The van der Waals surface area contributed by atoms with E-state index in [2.05, 4.69) is 11.8 Å². The Morgan fingerprint density at radius 1 is 0.871 bits per heavy atom. The van der Waals surface area contributed by atoms with Gasteiger partial charge >= 0.3 is 17.9 Å². The average molecular weight is 428 g/mol. The van der Waals surface area contributed by atoms with Crippen molar-refractivity contribution in [3.05, 3.63) is 29.8 Å². The quantitative estimate of drug-likeness (QED) is 0.223. The molecule has 0 unspecified atom stereocenters. The lowest BCUT2D eigenvalue weighted by atomic mass is 9.94. The number of carbonyl (C=O) groups is 3. The van der Waals surface area contributed by atoms with Gasteiger partial charge in [0, 0.05) is 25.7 Å². The zero-order valence-corrected chi connectivity index (χ0v) is 17.7. The maximum Gasteiger partial charge on any atom is 0.338 e. The SMILES string of the molecule is C#CCCCC(=O)OCC(C)(COC(=O)CCCC#C)COC(=O)c1ccc(O)cc1. The van der Waals surface area contributed by atoms with E-state index < -0.39 is 23.3 Å². The van der Waals surface area contributed by atoms with Gasteiger partial charge in [0.1, 0.15) is 25.6 Å². The van der Waals surface area contributed by atoms with Gasteiger partial charge in [-0.25, -0.2) is 4.79 Å². The van der Waals surface area contributed by atoms with Crippen molar-refractivity contribution in [3.63, 3.8) is 0 Å². The molecule has 0 aliphatic carbocycles. The maximum atomic E-state index is 12.3. The number of ether oxygens (including phenoxy) is 3. The molecule has 0 bridgehead atoms. The van der Waals surface area contributed by atoms with E-state index in [1.165, 1.54) is 24.3 Å². The van der Waals surface area contributed by atoms with Crippen molar-refractivity contribution < 1.29 is 33.7 Å². The normalized spacial score (nSPS) is 10.4. The summed E-state index contributed by atoms with van der Waals surface area (Å²) in [4.78, 5) is 36.1. The predicted molar refractivity (Wildman–Crippen MR) is 114 cm³/mol. The number of rotatable bonds is 13. The zero-order valence-electron chi connectivity index (χ0n) is 17.7. The van der Waals surface area contributed by atoms with E-state index in [1.807, 2.05) is 0 Å². The van der Waals surface area contributed by atoms with Gasteiger partial charge in [0.15, 0.2) is 0 Å². The highest BCUT2D eigenvalue weighted by atomic mass is 16.6. The first-order valence-corrected chi connectivity index (χ1v) is 9.94. The lowest BCUT2D eigenvalue weighted by Gasteiger charge is -2.28. The summed E-state index contributed by atoms with van der Waals surface area (Å²) in [5, 5.41) is 9.33. The van der Waals surface area contributed by atoms with Gasteiger partial charge in [-0.3, -0.25) is 9.59 Å². The first-order chi connectivity index (χ1) is 14.8. The van der Waals surface area contributed by atoms with E-state index in [-0.39, 0.29) is 44.0 Å². The third kappa shape index (κ3) is 10.8. The lowest BCUT2D eigenvalue weighted by molar-refractivity contribution is -0.155. The summed E-state index contributed by atoms with van der Waals surface area (Å²) in [6, 6.07) is 5.58. The van der Waals surface area contributed by atoms with Crippen LogP contribution in [0.15, 0.2) is 24.3 Å². The van der Waals surface area contributed by atoms with Crippen molar-refractivity contribution >= 4 is 17.9 Å². The van der Waals surface area contributed by atoms with Gasteiger partial charge in [-0.15, -0.1) is 24.7 Å². The minimum absolute atomic E-state index is 0.0230. The highest BCUT2D eigenvalue weighted by Crippen LogP contribution is 2.21. The molecule has 0 radical (unpaired) electrons. The second-order valence-corrected chi connectivity index (χ2v) is 7.37. The van der Waals surface area contributed by atoms with Gasteiger partial charge in [-0.05, 0) is 44.0 Å². The number of carbonyl (C=O) groups excluding carboxylic acids is 3. The van der Waals surface area contributed by atoms with Gasteiger partial charge in [-0.1, -0.05) is 0 Å². The first-order valence-electron chi connectivity index (χ1n) is 9.94. The number of hydrogen-bond donors (Lipinski definition) is 1. The van der Waals surface area contributed by atoms with Crippen LogP contribution in [0.3, 0.4) is 0 Å². The summed E-state index contributed by atoms with van der Waals surface area (Å²) < 4.78 is 15.9. The summed E-state index contributed by atoms with van der Waals surface area (Å²) >= 11 is 0. The molecule has 1 rings (SSSR count). The Bertz CT molecular complexity index is 776. The number of phenolic OH excluding ortho intramolecular Hbond substituents is 1. The number of esters is 3. The minimum atomic E-state index is -0.948. The third-order valence-electron chi connectivity index (χ3n) is 4.22. The second kappa shape index (κ2) is 13.7. The van der Waals surface area contributed by atoms with Crippen molar-refractivity contribution in [2.75, 3.05) is 19.8 Å². The molecule has 0 saturated carbocycles. The zero-order chi connectivity index (χ0) is 23.1. The topological polar surface area (TPSA) is 99.1 Å². The van der Waals surface area contributed by atoms with E-state index >= 15 is 0 Å². The minimum Gasteiger partial charge on any atom is -0.508 e. The van der Waals surface area contributed by atoms with Crippen LogP contribution in [0.5, 0.6) is 5.75 Å². The van der Waals surface area contributed by atoms with Gasteiger partial charge in [0.25, 0.3) is 0 Å². The smallest absolute Gasteiger partial charge is 0.338 e. The summed E-state index contributed by atoms with van der Waals surface area (Å²) in [6.07, 6.45) is 12.6. The lowest BCUT2D eigenvalue weighted by Crippen LogP contribution is -2.37. The molecule has 0 saturated heterocycles. The van der Waals surface area contributed by atoms with Gasteiger partial charge in [0.2, 0.25) is 0 Å². The largest absolute Gasteiger partial charge is 0.508 e. The highest BCUT2D eigenvalue weighted by molar-refractivity contribution is 5.89. The molecular formula is C24H28O7. The number of terminal acetylenes is 2. The van der Waals surface area contributed by atoms with Crippen molar-refractivity contribution in [1.29, 1.82) is 0 Å². The van der Waals surface area contributed by atoms with Crippen LogP contribution in [0, 0.1) is 30.1 Å².